The highest BCUT2D eigenvalue weighted by molar-refractivity contribution is 5.79. The highest BCUT2D eigenvalue weighted by atomic mass is 16.5. The maximum Gasteiger partial charge on any atom is 0.250 e. The third kappa shape index (κ3) is 6.47. The lowest BCUT2D eigenvalue weighted by Gasteiger charge is -2.14. The van der Waals surface area contributed by atoms with E-state index in [2.05, 4.69) is 15.6 Å². The molecule has 1 heterocycles. The van der Waals surface area contributed by atoms with Crippen molar-refractivity contribution in [1.29, 1.82) is 0 Å². The molecule has 2 rings (SSSR count). The van der Waals surface area contributed by atoms with Gasteiger partial charge in [0.2, 0.25) is 0 Å². The van der Waals surface area contributed by atoms with Gasteiger partial charge >= 0.3 is 0 Å². The average Bonchev–Trinajstić information content (AvgIpc) is 2.67. The fourth-order valence-electron chi connectivity index (χ4n) is 2.86. The standard InChI is InChI=1S/C21H30N4O2/c1-4-27-19-12-6-5-11-18(19)16-24-21(22-3)23-14-7-8-15-25-17(2)10-9-13-20(25)26/h5-6,9-13H,4,7-8,14-16H2,1-3H3,(H2,22,23,24). The van der Waals surface area contributed by atoms with Gasteiger partial charge in [0.1, 0.15) is 5.75 Å². The number of aryl methyl sites for hydroxylation is 1. The van der Waals surface area contributed by atoms with E-state index >= 15 is 0 Å². The van der Waals surface area contributed by atoms with Crippen molar-refractivity contribution in [2.45, 2.75) is 39.8 Å². The van der Waals surface area contributed by atoms with E-state index < -0.39 is 0 Å². The average molecular weight is 370 g/mol. The molecule has 0 unspecified atom stereocenters. The van der Waals surface area contributed by atoms with Crippen LogP contribution in [0.15, 0.2) is 52.3 Å². The van der Waals surface area contributed by atoms with Crippen LogP contribution in [-0.2, 0) is 13.1 Å². The number of guanidine groups is 1. The van der Waals surface area contributed by atoms with E-state index in [1.165, 1.54) is 0 Å². The maximum absolute atomic E-state index is 11.9. The minimum absolute atomic E-state index is 0.0633. The van der Waals surface area contributed by atoms with Crippen LogP contribution in [0, 0.1) is 6.92 Å². The first-order chi connectivity index (χ1) is 13.2. The molecule has 0 saturated carbocycles. The molecule has 2 N–H and O–H groups in total. The van der Waals surface area contributed by atoms with Crippen LogP contribution in [0.25, 0.3) is 0 Å². The molecule has 0 aliphatic carbocycles. The Balaban J connectivity index is 1.74. The summed E-state index contributed by atoms with van der Waals surface area (Å²) in [6.45, 7) is 6.78. The highest BCUT2D eigenvalue weighted by Gasteiger charge is 2.04. The first-order valence-corrected chi connectivity index (χ1v) is 9.47. The van der Waals surface area contributed by atoms with E-state index in [0.29, 0.717) is 13.2 Å². The molecule has 6 heteroatoms. The number of aromatic nitrogens is 1. The van der Waals surface area contributed by atoms with E-state index in [1.54, 1.807) is 19.2 Å². The zero-order chi connectivity index (χ0) is 19.5. The number of ether oxygens (including phenoxy) is 1. The monoisotopic (exact) mass is 370 g/mol. The van der Waals surface area contributed by atoms with Gasteiger partial charge in [0.25, 0.3) is 5.56 Å². The topological polar surface area (TPSA) is 67.7 Å². The molecule has 27 heavy (non-hydrogen) atoms. The Kier molecular flexibility index (Phi) is 8.42. The molecular weight excluding hydrogens is 340 g/mol. The molecule has 1 aromatic carbocycles. The summed E-state index contributed by atoms with van der Waals surface area (Å²) in [4.78, 5) is 16.1. The molecule has 0 aliphatic rings. The number of aliphatic imine (C=N–C) groups is 1. The molecule has 0 saturated heterocycles. The van der Waals surface area contributed by atoms with E-state index in [4.69, 9.17) is 4.74 Å². The van der Waals surface area contributed by atoms with E-state index in [0.717, 1.165) is 48.9 Å². The van der Waals surface area contributed by atoms with Crippen LogP contribution in [0.2, 0.25) is 0 Å². The molecule has 0 atom stereocenters. The summed E-state index contributed by atoms with van der Waals surface area (Å²) in [7, 11) is 1.76. The lowest BCUT2D eigenvalue weighted by atomic mass is 10.2. The first-order valence-electron chi connectivity index (χ1n) is 9.47. The van der Waals surface area contributed by atoms with Gasteiger partial charge in [-0.2, -0.15) is 0 Å². The van der Waals surface area contributed by atoms with Gasteiger partial charge in [0, 0.05) is 44.0 Å². The van der Waals surface area contributed by atoms with Gasteiger partial charge in [-0.3, -0.25) is 9.79 Å². The Morgan fingerprint density at radius 3 is 2.67 bits per heavy atom. The van der Waals surface area contributed by atoms with Crippen molar-refractivity contribution in [2.24, 2.45) is 4.99 Å². The lowest BCUT2D eigenvalue weighted by molar-refractivity contribution is 0.336. The minimum atomic E-state index is 0.0633. The van der Waals surface area contributed by atoms with Crippen molar-refractivity contribution in [3.63, 3.8) is 0 Å². The summed E-state index contributed by atoms with van der Waals surface area (Å²) in [5.41, 5.74) is 2.16. The summed E-state index contributed by atoms with van der Waals surface area (Å²) in [6.07, 6.45) is 1.89. The third-order valence-corrected chi connectivity index (χ3v) is 4.31. The van der Waals surface area contributed by atoms with Gasteiger partial charge < -0.3 is 19.9 Å². The number of unbranched alkanes of at least 4 members (excludes halogenated alkanes) is 1. The van der Waals surface area contributed by atoms with Crippen molar-refractivity contribution < 1.29 is 4.74 Å². The summed E-state index contributed by atoms with van der Waals surface area (Å²) in [6, 6.07) is 13.4. The number of benzene rings is 1. The Hall–Kier alpha value is -2.76. The molecule has 146 valence electrons. The minimum Gasteiger partial charge on any atom is -0.494 e. The Bertz CT molecular complexity index is 799. The normalized spacial score (nSPS) is 11.3. The largest absolute Gasteiger partial charge is 0.494 e. The number of hydrogen-bond donors (Lipinski definition) is 2. The number of para-hydroxylation sites is 1. The molecule has 0 amide bonds. The van der Waals surface area contributed by atoms with Gasteiger partial charge in [-0.25, -0.2) is 0 Å². The van der Waals surface area contributed by atoms with Gasteiger partial charge in [-0.1, -0.05) is 24.3 Å². The quantitative estimate of drug-likeness (QED) is 0.405. The van der Waals surface area contributed by atoms with Crippen molar-refractivity contribution >= 4 is 5.96 Å². The van der Waals surface area contributed by atoms with Crippen molar-refractivity contribution in [3.05, 3.63) is 64.1 Å². The second-order valence-corrected chi connectivity index (χ2v) is 6.26. The van der Waals surface area contributed by atoms with E-state index in [1.807, 2.05) is 48.7 Å². The molecule has 0 radical (unpaired) electrons. The van der Waals surface area contributed by atoms with Crippen LogP contribution < -0.4 is 20.9 Å². The predicted octanol–water partition coefficient (Wildman–Crippen LogP) is 2.70. The van der Waals surface area contributed by atoms with Gasteiger partial charge in [-0.15, -0.1) is 0 Å². The third-order valence-electron chi connectivity index (χ3n) is 4.31. The summed E-state index contributed by atoms with van der Waals surface area (Å²) < 4.78 is 7.47. The Labute approximate surface area is 161 Å². The number of pyridine rings is 1. The number of rotatable bonds is 9. The second-order valence-electron chi connectivity index (χ2n) is 6.26. The summed E-state index contributed by atoms with van der Waals surface area (Å²) in [5.74, 6) is 1.65. The van der Waals surface area contributed by atoms with Crippen LogP contribution in [0.3, 0.4) is 0 Å². The van der Waals surface area contributed by atoms with Gasteiger partial charge in [0.05, 0.1) is 6.61 Å². The maximum atomic E-state index is 11.9. The van der Waals surface area contributed by atoms with E-state index in [9.17, 15) is 4.79 Å². The number of nitrogens with one attached hydrogen (secondary N) is 2. The molecule has 0 bridgehead atoms. The zero-order valence-corrected chi connectivity index (χ0v) is 16.5. The molecule has 0 aliphatic heterocycles. The number of nitrogens with zero attached hydrogens (tertiary/aromatic N) is 2. The number of hydrogen-bond acceptors (Lipinski definition) is 3. The van der Waals surface area contributed by atoms with Crippen molar-refractivity contribution in [3.8, 4) is 5.75 Å². The van der Waals surface area contributed by atoms with Crippen LogP contribution in [0.5, 0.6) is 5.75 Å². The van der Waals surface area contributed by atoms with Crippen molar-refractivity contribution in [2.75, 3.05) is 20.2 Å². The molecule has 0 spiro atoms. The van der Waals surface area contributed by atoms with Crippen LogP contribution in [0.1, 0.15) is 31.0 Å². The predicted molar refractivity (Wildman–Crippen MR) is 110 cm³/mol. The molecular formula is C21H30N4O2. The summed E-state index contributed by atoms with van der Waals surface area (Å²) in [5, 5.41) is 6.63. The molecule has 1 aromatic heterocycles. The zero-order valence-electron chi connectivity index (χ0n) is 16.5. The Morgan fingerprint density at radius 1 is 1.11 bits per heavy atom. The summed E-state index contributed by atoms with van der Waals surface area (Å²) >= 11 is 0. The lowest BCUT2D eigenvalue weighted by Crippen LogP contribution is -2.37. The molecule has 0 fully saturated rings. The smallest absolute Gasteiger partial charge is 0.250 e. The fourth-order valence-corrected chi connectivity index (χ4v) is 2.86. The van der Waals surface area contributed by atoms with Crippen LogP contribution in [0.4, 0.5) is 0 Å². The van der Waals surface area contributed by atoms with Crippen LogP contribution in [-0.4, -0.2) is 30.7 Å². The Morgan fingerprint density at radius 2 is 1.93 bits per heavy atom. The van der Waals surface area contributed by atoms with Gasteiger partial charge in [0.15, 0.2) is 5.96 Å². The van der Waals surface area contributed by atoms with Crippen molar-refractivity contribution in [1.82, 2.24) is 15.2 Å². The fraction of sp³-hybridized carbons (Fsp3) is 0.429. The SMILES string of the molecule is CCOc1ccccc1CNC(=NC)NCCCCn1c(C)cccc1=O. The van der Waals surface area contributed by atoms with Gasteiger partial charge in [-0.05, 0) is 38.8 Å². The first kappa shape index (κ1) is 20.6. The second kappa shape index (κ2) is 11.1. The van der Waals surface area contributed by atoms with Crippen LogP contribution >= 0.6 is 0 Å². The molecule has 6 nitrogen and oxygen atoms in total. The molecule has 2 aromatic rings. The highest BCUT2D eigenvalue weighted by Crippen LogP contribution is 2.17. The van der Waals surface area contributed by atoms with E-state index in [-0.39, 0.29) is 5.56 Å².